The largest absolute Gasteiger partial charge is 0.461 e. The Hall–Kier alpha value is -3.15. The molecule has 140 valence electrons. The highest BCUT2D eigenvalue weighted by molar-refractivity contribution is 5.94. The van der Waals surface area contributed by atoms with Crippen molar-refractivity contribution in [3.05, 3.63) is 71.2 Å². The van der Waals surface area contributed by atoms with E-state index in [1.807, 2.05) is 62.5 Å². The first-order valence-electron chi connectivity index (χ1n) is 8.97. The highest BCUT2D eigenvalue weighted by Crippen LogP contribution is 2.13. The van der Waals surface area contributed by atoms with E-state index >= 15 is 0 Å². The molecule has 6 heteroatoms. The van der Waals surface area contributed by atoms with Crippen molar-refractivity contribution in [2.45, 2.75) is 33.3 Å². The van der Waals surface area contributed by atoms with Crippen molar-refractivity contribution in [2.75, 3.05) is 6.54 Å². The summed E-state index contributed by atoms with van der Waals surface area (Å²) >= 11 is 0. The molecule has 1 aromatic carbocycles. The number of esters is 1. The van der Waals surface area contributed by atoms with Crippen LogP contribution in [0.3, 0.4) is 0 Å². The summed E-state index contributed by atoms with van der Waals surface area (Å²) in [5.74, 6) is -0.462. The minimum atomic E-state index is -0.269. The van der Waals surface area contributed by atoms with Gasteiger partial charge in [-0.05, 0) is 43.5 Å². The third-order valence-corrected chi connectivity index (χ3v) is 4.26. The van der Waals surface area contributed by atoms with Gasteiger partial charge < -0.3 is 10.1 Å². The number of aryl methyl sites for hydroxylation is 2. The fraction of sp³-hybridized carbons (Fsp3) is 0.286. The number of aromatic nitrogens is 2. The van der Waals surface area contributed by atoms with Crippen molar-refractivity contribution in [1.82, 2.24) is 14.7 Å². The Balaban J connectivity index is 1.46. The monoisotopic (exact) mass is 365 g/mol. The highest BCUT2D eigenvalue weighted by Gasteiger charge is 2.16. The van der Waals surface area contributed by atoms with Gasteiger partial charge in [-0.3, -0.25) is 14.0 Å². The van der Waals surface area contributed by atoms with Gasteiger partial charge in [-0.1, -0.05) is 30.3 Å². The van der Waals surface area contributed by atoms with E-state index in [1.54, 1.807) is 4.40 Å². The van der Waals surface area contributed by atoms with E-state index in [0.717, 1.165) is 16.8 Å². The number of ether oxygens (including phenoxy) is 1. The van der Waals surface area contributed by atoms with E-state index in [4.69, 9.17) is 4.74 Å². The lowest BCUT2D eigenvalue weighted by atomic mass is 10.2. The van der Waals surface area contributed by atoms with Crippen LogP contribution in [-0.2, 0) is 16.1 Å². The molecule has 0 aliphatic heterocycles. The summed E-state index contributed by atoms with van der Waals surface area (Å²) in [6.45, 7) is 4.48. The van der Waals surface area contributed by atoms with Gasteiger partial charge in [0.2, 0.25) is 0 Å². The Morgan fingerprint density at radius 1 is 1.15 bits per heavy atom. The number of carbonyl (C=O) groups excluding carboxylic acids is 2. The van der Waals surface area contributed by atoms with Crippen LogP contribution in [0.2, 0.25) is 0 Å². The van der Waals surface area contributed by atoms with Crippen LogP contribution >= 0.6 is 0 Å². The van der Waals surface area contributed by atoms with Crippen LogP contribution in [0.5, 0.6) is 0 Å². The summed E-state index contributed by atoms with van der Waals surface area (Å²) < 4.78 is 7.01. The summed E-state index contributed by atoms with van der Waals surface area (Å²) in [5, 5.41) is 2.85. The molecule has 3 aromatic rings. The summed E-state index contributed by atoms with van der Waals surface area (Å²) in [5.41, 5.74) is 4.00. The fourth-order valence-electron chi connectivity index (χ4n) is 2.87. The van der Waals surface area contributed by atoms with E-state index in [2.05, 4.69) is 10.3 Å². The van der Waals surface area contributed by atoms with Crippen molar-refractivity contribution in [1.29, 1.82) is 0 Å². The average Bonchev–Trinajstić information content (AvgIpc) is 2.99. The Kier molecular flexibility index (Phi) is 5.86. The summed E-state index contributed by atoms with van der Waals surface area (Å²) in [6.07, 6.45) is 2.63. The molecule has 6 nitrogen and oxygen atoms in total. The molecule has 0 unspecified atom stereocenters. The third-order valence-electron chi connectivity index (χ3n) is 4.26. The molecule has 0 radical (unpaired) electrons. The van der Waals surface area contributed by atoms with Gasteiger partial charge in [0.25, 0.3) is 5.91 Å². The van der Waals surface area contributed by atoms with Crippen molar-refractivity contribution in [3.63, 3.8) is 0 Å². The molecule has 0 fully saturated rings. The van der Waals surface area contributed by atoms with Crippen LogP contribution < -0.4 is 5.32 Å². The number of nitrogens with one attached hydrogen (secondary N) is 1. The summed E-state index contributed by atoms with van der Waals surface area (Å²) in [6, 6.07) is 13.4. The van der Waals surface area contributed by atoms with Crippen LogP contribution in [0.25, 0.3) is 5.65 Å². The number of fused-ring (bicyclic) bond motifs is 1. The van der Waals surface area contributed by atoms with E-state index < -0.39 is 0 Å². The van der Waals surface area contributed by atoms with Gasteiger partial charge in [0.05, 0.1) is 5.69 Å². The molecule has 0 spiro atoms. The van der Waals surface area contributed by atoms with Gasteiger partial charge in [0.1, 0.15) is 17.9 Å². The lowest BCUT2D eigenvalue weighted by Gasteiger charge is -2.07. The normalized spacial score (nSPS) is 10.7. The number of amides is 1. The fourth-order valence-corrected chi connectivity index (χ4v) is 2.87. The molecule has 0 aliphatic rings. The standard InChI is InChI=1S/C21H23N3O3/c1-15-10-12-24-18(13-15)23-16(2)20(24)21(26)22-11-6-9-19(25)27-14-17-7-4-3-5-8-17/h3-5,7-8,10,12-13H,6,9,11,14H2,1-2H3,(H,22,26). The van der Waals surface area contributed by atoms with E-state index in [0.29, 0.717) is 24.4 Å². The van der Waals surface area contributed by atoms with Crippen LogP contribution in [0.4, 0.5) is 0 Å². The Morgan fingerprint density at radius 3 is 2.70 bits per heavy atom. The van der Waals surface area contributed by atoms with Gasteiger partial charge >= 0.3 is 5.97 Å². The van der Waals surface area contributed by atoms with Crippen LogP contribution in [0, 0.1) is 13.8 Å². The second-order valence-corrected chi connectivity index (χ2v) is 6.48. The number of pyridine rings is 1. The zero-order chi connectivity index (χ0) is 19.2. The number of imidazole rings is 1. The predicted octanol–water partition coefficient (Wildman–Crippen LogP) is 3.20. The topological polar surface area (TPSA) is 72.7 Å². The van der Waals surface area contributed by atoms with Crippen LogP contribution in [-0.4, -0.2) is 27.8 Å². The summed E-state index contributed by atoms with van der Waals surface area (Å²) in [4.78, 5) is 28.7. The smallest absolute Gasteiger partial charge is 0.306 e. The van der Waals surface area contributed by atoms with Crippen LogP contribution in [0.15, 0.2) is 48.7 Å². The molecule has 3 rings (SSSR count). The van der Waals surface area contributed by atoms with E-state index in [9.17, 15) is 9.59 Å². The molecule has 0 atom stereocenters. The van der Waals surface area contributed by atoms with Crippen molar-refractivity contribution in [2.24, 2.45) is 0 Å². The second-order valence-electron chi connectivity index (χ2n) is 6.48. The Labute approximate surface area is 158 Å². The maximum atomic E-state index is 12.5. The van der Waals surface area contributed by atoms with E-state index in [1.165, 1.54) is 0 Å². The van der Waals surface area contributed by atoms with Gasteiger partial charge in [-0.25, -0.2) is 4.98 Å². The van der Waals surface area contributed by atoms with Crippen molar-refractivity contribution >= 4 is 17.5 Å². The van der Waals surface area contributed by atoms with Crippen molar-refractivity contribution < 1.29 is 14.3 Å². The number of nitrogens with zero attached hydrogens (tertiary/aromatic N) is 2. The number of rotatable bonds is 7. The molecule has 27 heavy (non-hydrogen) atoms. The molecule has 1 N–H and O–H groups in total. The molecular formula is C21H23N3O3. The lowest BCUT2D eigenvalue weighted by Crippen LogP contribution is -2.27. The van der Waals surface area contributed by atoms with Crippen LogP contribution in [0.1, 0.15) is 40.2 Å². The van der Waals surface area contributed by atoms with E-state index in [-0.39, 0.29) is 24.9 Å². The molecule has 0 bridgehead atoms. The first kappa shape index (κ1) is 18.6. The minimum absolute atomic E-state index is 0.193. The minimum Gasteiger partial charge on any atom is -0.461 e. The molecule has 2 aromatic heterocycles. The maximum absolute atomic E-state index is 12.5. The second kappa shape index (κ2) is 8.49. The maximum Gasteiger partial charge on any atom is 0.306 e. The van der Waals surface area contributed by atoms with Gasteiger partial charge in [0, 0.05) is 19.2 Å². The molecule has 1 amide bonds. The first-order chi connectivity index (χ1) is 13.0. The van der Waals surface area contributed by atoms with Gasteiger partial charge in [-0.15, -0.1) is 0 Å². The summed E-state index contributed by atoms with van der Waals surface area (Å²) in [7, 11) is 0. The number of hydrogen-bond acceptors (Lipinski definition) is 4. The molecule has 0 saturated carbocycles. The molecule has 2 heterocycles. The lowest BCUT2D eigenvalue weighted by molar-refractivity contribution is -0.145. The quantitative estimate of drug-likeness (QED) is 0.515. The number of hydrogen-bond donors (Lipinski definition) is 1. The predicted molar refractivity (Wildman–Crippen MR) is 102 cm³/mol. The highest BCUT2D eigenvalue weighted by atomic mass is 16.5. The zero-order valence-electron chi connectivity index (χ0n) is 15.6. The third kappa shape index (κ3) is 4.73. The zero-order valence-corrected chi connectivity index (χ0v) is 15.6. The van der Waals surface area contributed by atoms with Crippen molar-refractivity contribution in [3.8, 4) is 0 Å². The molecular weight excluding hydrogens is 342 g/mol. The average molecular weight is 365 g/mol. The number of benzene rings is 1. The Morgan fingerprint density at radius 2 is 1.93 bits per heavy atom. The van der Waals surface area contributed by atoms with Gasteiger partial charge in [-0.2, -0.15) is 0 Å². The number of carbonyl (C=O) groups is 2. The van der Waals surface area contributed by atoms with Gasteiger partial charge in [0.15, 0.2) is 0 Å². The molecule has 0 saturated heterocycles. The first-order valence-corrected chi connectivity index (χ1v) is 8.97. The molecule has 0 aliphatic carbocycles. The Bertz CT molecular complexity index is 948. The SMILES string of the molecule is Cc1ccn2c(C(=O)NCCCC(=O)OCc3ccccc3)c(C)nc2c1.